The van der Waals surface area contributed by atoms with Gasteiger partial charge in [-0.15, -0.1) is 0 Å². The van der Waals surface area contributed by atoms with E-state index < -0.39 is 12.0 Å². The lowest BCUT2D eigenvalue weighted by Crippen LogP contribution is -2.26. The summed E-state index contributed by atoms with van der Waals surface area (Å²) >= 11 is 5.98. The van der Waals surface area contributed by atoms with E-state index in [1.54, 1.807) is 31.5 Å². The number of fused-ring (bicyclic) bond motifs is 1. The van der Waals surface area contributed by atoms with Crippen LogP contribution in [0.15, 0.2) is 36.5 Å². The first-order valence-electron chi connectivity index (χ1n) is 7.93. The molecule has 0 aliphatic heterocycles. The summed E-state index contributed by atoms with van der Waals surface area (Å²) in [6.45, 7) is 0. The Labute approximate surface area is 155 Å². The Morgan fingerprint density at radius 2 is 1.85 bits per heavy atom. The number of hydrogen-bond donors (Lipinski definition) is 3. The lowest BCUT2D eigenvalue weighted by Gasteiger charge is -2.17. The highest BCUT2D eigenvalue weighted by molar-refractivity contribution is 6.30. The van der Waals surface area contributed by atoms with Gasteiger partial charge in [0.15, 0.2) is 6.10 Å². The number of benzene rings is 2. The fourth-order valence-electron chi connectivity index (χ4n) is 3.01. The van der Waals surface area contributed by atoms with Gasteiger partial charge in [-0.3, -0.25) is 4.79 Å². The molecule has 0 radical (unpaired) electrons. The molecule has 0 aliphatic carbocycles. The third-order valence-electron chi connectivity index (χ3n) is 4.29. The number of aromatic amines is 1. The van der Waals surface area contributed by atoms with Crippen LogP contribution in [0.5, 0.6) is 11.5 Å². The van der Waals surface area contributed by atoms with Gasteiger partial charge in [0, 0.05) is 35.3 Å². The predicted octanol–water partition coefficient (Wildman–Crippen LogP) is 3.28. The number of amides is 1. The molecule has 26 heavy (non-hydrogen) atoms. The van der Waals surface area contributed by atoms with Crippen LogP contribution in [0.2, 0.25) is 5.02 Å². The van der Waals surface area contributed by atoms with Crippen molar-refractivity contribution in [1.29, 1.82) is 0 Å². The smallest absolute Gasteiger partial charge is 0.253 e. The number of carbonyl (C=O) groups is 1. The molecule has 0 spiro atoms. The van der Waals surface area contributed by atoms with Gasteiger partial charge in [-0.25, -0.2) is 0 Å². The molecule has 0 saturated carbocycles. The van der Waals surface area contributed by atoms with E-state index in [2.05, 4.69) is 10.3 Å². The van der Waals surface area contributed by atoms with Crippen molar-refractivity contribution in [2.24, 2.45) is 0 Å². The Morgan fingerprint density at radius 1 is 1.19 bits per heavy atom. The minimum absolute atomic E-state index is 0.350. The van der Waals surface area contributed by atoms with Crippen molar-refractivity contribution in [3.63, 3.8) is 0 Å². The second-order valence-corrected chi connectivity index (χ2v) is 6.11. The van der Waals surface area contributed by atoms with E-state index in [4.69, 9.17) is 21.1 Å². The third kappa shape index (κ3) is 2.98. The number of aliphatic hydroxyl groups is 1. The Hall–Kier alpha value is -2.70. The van der Waals surface area contributed by atoms with E-state index >= 15 is 0 Å². The van der Waals surface area contributed by atoms with Crippen molar-refractivity contribution < 1.29 is 19.4 Å². The van der Waals surface area contributed by atoms with Crippen molar-refractivity contribution in [2.45, 2.75) is 6.10 Å². The van der Waals surface area contributed by atoms with Crippen LogP contribution >= 0.6 is 11.6 Å². The molecule has 1 atom stereocenters. The van der Waals surface area contributed by atoms with E-state index in [0.717, 1.165) is 16.5 Å². The van der Waals surface area contributed by atoms with Crippen molar-refractivity contribution >= 4 is 28.4 Å². The number of aliphatic hydroxyl groups excluding tert-OH is 1. The minimum atomic E-state index is -1.39. The zero-order valence-electron chi connectivity index (χ0n) is 14.6. The molecule has 3 aromatic rings. The molecule has 7 heteroatoms. The molecule has 1 amide bonds. The van der Waals surface area contributed by atoms with Crippen LogP contribution in [-0.2, 0) is 4.79 Å². The molecule has 1 aromatic heterocycles. The summed E-state index contributed by atoms with van der Waals surface area (Å²) < 4.78 is 10.9. The molecule has 1 unspecified atom stereocenters. The molecular weight excluding hydrogens is 356 g/mol. The van der Waals surface area contributed by atoms with Crippen LogP contribution in [0, 0.1) is 0 Å². The van der Waals surface area contributed by atoms with Crippen LogP contribution in [-0.4, -0.2) is 37.3 Å². The molecule has 3 rings (SSSR count). The highest BCUT2D eigenvalue weighted by atomic mass is 35.5. The van der Waals surface area contributed by atoms with Crippen LogP contribution < -0.4 is 14.8 Å². The first-order chi connectivity index (χ1) is 12.5. The van der Waals surface area contributed by atoms with Crippen molar-refractivity contribution in [1.82, 2.24) is 10.3 Å². The summed E-state index contributed by atoms with van der Waals surface area (Å²) in [5, 5.41) is 14.3. The topological polar surface area (TPSA) is 83.6 Å². The zero-order valence-corrected chi connectivity index (χ0v) is 15.3. The lowest BCUT2D eigenvalue weighted by atomic mass is 9.98. The average Bonchev–Trinajstić information content (AvgIpc) is 3.10. The maximum absolute atomic E-state index is 12.0. The SMILES string of the molecule is CNC(=O)C(O)c1c(OC)cc(OC)c2c(-c3ccc(Cl)cc3)c[nH]c12. The number of halogens is 1. The molecule has 0 fully saturated rings. The summed E-state index contributed by atoms with van der Waals surface area (Å²) in [4.78, 5) is 15.2. The monoisotopic (exact) mass is 374 g/mol. The third-order valence-corrected chi connectivity index (χ3v) is 4.54. The van der Waals surface area contributed by atoms with E-state index in [0.29, 0.717) is 27.6 Å². The first-order valence-corrected chi connectivity index (χ1v) is 8.31. The minimum Gasteiger partial charge on any atom is -0.496 e. The van der Waals surface area contributed by atoms with E-state index in [1.807, 2.05) is 12.1 Å². The fourth-order valence-corrected chi connectivity index (χ4v) is 3.14. The molecule has 0 aliphatic rings. The average molecular weight is 375 g/mol. The van der Waals surface area contributed by atoms with Gasteiger partial charge in [0.05, 0.1) is 25.3 Å². The number of hydrogen-bond acceptors (Lipinski definition) is 4. The largest absolute Gasteiger partial charge is 0.496 e. The van der Waals surface area contributed by atoms with Crippen LogP contribution in [0.3, 0.4) is 0 Å². The number of aromatic nitrogens is 1. The maximum Gasteiger partial charge on any atom is 0.253 e. The van der Waals surface area contributed by atoms with Crippen molar-refractivity contribution in [3.8, 4) is 22.6 Å². The van der Waals surface area contributed by atoms with Crippen molar-refractivity contribution in [3.05, 3.63) is 47.1 Å². The van der Waals surface area contributed by atoms with Crippen LogP contribution in [0.1, 0.15) is 11.7 Å². The molecule has 6 nitrogen and oxygen atoms in total. The Kier molecular flexibility index (Phi) is 5.06. The number of rotatable bonds is 5. The first kappa shape index (κ1) is 18.1. The highest BCUT2D eigenvalue weighted by Crippen LogP contribution is 2.43. The quantitative estimate of drug-likeness (QED) is 0.640. The normalized spacial score (nSPS) is 12.0. The molecule has 3 N–H and O–H groups in total. The second kappa shape index (κ2) is 7.27. The number of likely N-dealkylation sites (N-methyl/N-ethyl adjacent to an activating group) is 1. The van der Waals surface area contributed by atoms with Gasteiger partial charge in [-0.2, -0.15) is 0 Å². The predicted molar refractivity (Wildman–Crippen MR) is 101 cm³/mol. The highest BCUT2D eigenvalue weighted by Gasteiger charge is 2.27. The second-order valence-electron chi connectivity index (χ2n) is 5.67. The van der Waals surface area contributed by atoms with Crippen molar-refractivity contribution in [2.75, 3.05) is 21.3 Å². The Bertz CT molecular complexity index is 950. The van der Waals surface area contributed by atoms with Gasteiger partial charge in [0.1, 0.15) is 11.5 Å². The van der Waals surface area contributed by atoms with E-state index in [1.165, 1.54) is 14.2 Å². The standard InChI is InChI=1S/C19H19ClN2O4/c1-21-19(24)18(23)16-14(26-3)8-13(25-2)15-12(9-22-17(15)16)10-4-6-11(20)7-5-10/h4-9,18,22-23H,1-3H3,(H,21,24). The number of methoxy groups -OCH3 is 2. The lowest BCUT2D eigenvalue weighted by molar-refractivity contribution is -0.129. The summed E-state index contributed by atoms with van der Waals surface area (Å²) in [7, 11) is 4.50. The van der Waals surface area contributed by atoms with Gasteiger partial charge in [0.25, 0.3) is 5.91 Å². The number of ether oxygens (including phenoxy) is 2. The number of carbonyl (C=O) groups excluding carboxylic acids is 1. The zero-order chi connectivity index (χ0) is 18.8. The molecular formula is C19H19ClN2O4. The van der Waals surface area contributed by atoms with Gasteiger partial charge in [-0.1, -0.05) is 23.7 Å². The van der Waals surface area contributed by atoms with E-state index in [-0.39, 0.29) is 0 Å². The molecule has 2 aromatic carbocycles. The molecule has 0 bridgehead atoms. The molecule has 136 valence electrons. The Morgan fingerprint density at radius 3 is 2.42 bits per heavy atom. The van der Waals surface area contributed by atoms with Gasteiger partial charge in [0.2, 0.25) is 0 Å². The van der Waals surface area contributed by atoms with Gasteiger partial charge in [-0.05, 0) is 17.7 Å². The summed E-state index contributed by atoms with van der Waals surface area (Å²) in [5.41, 5.74) is 2.70. The van der Waals surface area contributed by atoms with Crippen LogP contribution in [0.25, 0.3) is 22.0 Å². The van der Waals surface area contributed by atoms with Gasteiger partial charge < -0.3 is 24.9 Å². The molecule has 0 saturated heterocycles. The number of nitrogens with one attached hydrogen (secondary N) is 2. The van der Waals surface area contributed by atoms with E-state index in [9.17, 15) is 9.90 Å². The fraction of sp³-hybridized carbons (Fsp3) is 0.211. The number of H-pyrrole nitrogens is 1. The summed E-state index contributed by atoms with van der Waals surface area (Å²) in [6.07, 6.45) is 0.413. The summed E-state index contributed by atoms with van der Waals surface area (Å²) in [5.74, 6) is 0.392. The molecule has 1 heterocycles. The Balaban J connectivity index is 2.32. The maximum atomic E-state index is 12.0. The summed E-state index contributed by atoms with van der Waals surface area (Å²) in [6, 6.07) is 9.04. The van der Waals surface area contributed by atoms with Crippen LogP contribution in [0.4, 0.5) is 0 Å². The van der Waals surface area contributed by atoms with Gasteiger partial charge >= 0.3 is 0 Å².